The van der Waals surface area contributed by atoms with E-state index in [1.807, 2.05) is 6.92 Å². The van der Waals surface area contributed by atoms with Crippen LogP contribution < -0.4 is 4.74 Å². The van der Waals surface area contributed by atoms with Gasteiger partial charge in [0.1, 0.15) is 5.75 Å². The second kappa shape index (κ2) is 5.01. The highest BCUT2D eigenvalue weighted by Gasteiger charge is 2.33. The van der Waals surface area contributed by atoms with Gasteiger partial charge in [-0.1, -0.05) is 6.92 Å². The van der Waals surface area contributed by atoms with Crippen molar-refractivity contribution >= 4 is 6.29 Å². The predicted octanol–water partition coefficient (Wildman–Crippen LogP) is 3.31. The normalized spacial score (nSPS) is 11.2. The van der Waals surface area contributed by atoms with E-state index in [0.29, 0.717) is 13.0 Å². The summed E-state index contributed by atoms with van der Waals surface area (Å²) in [6, 6.07) is 3.31. The fourth-order valence-electron chi connectivity index (χ4n) is 1.19. The van der Waals surface area contributed by atoms with Crippen LogP contribution in [-0.4, -0.2) is 12.9 Å². The molecule has 0 radical (unpaired) electrons. The Bertz CT molecular complexity index is 372. The van der Waals surface area contributed by atoms with Crippen molar-refractivity contribution in [2.75, 3.05) is 6.61 Å². The van der Waals surface area contributed by atoms with Gasteiger partial charge in [0.25, 0.3) is 0 Å². The summed E-state index contributed by atoms with van der Waals surface area (Å²) in [5.41, 5.74) is -1.34. The maximum Gasteiger partial charge on any atom is 0.417 e. The van der Waals surface area contributed by atoms with E-state index in [1.165, 1.54) is 6.07 Å². The van der Waals surface area contributed by atoms with E-state index >= 15 is 0 Å². The number of hydrogen-bond acceptors (Lipinski definition) is 2. The third kappa shape index (κ3) is 2.98. The molecule has 0 fully saturated rings. The van der Waals surface area contributed by atoms with Gasteiger partial charge in [0.2, 0.25) is 0 Å². The van der Waals surface area contributed by atoms with Gasteiger partial charge < -0.3 is 4.74 Å². The largest absolute Gasteiger partial charge is 0.494 e. The molecule has 0 saturated heterocycles. The molecular weight excluding hydrogens is 221 g/mol. The van der Waals surface area contributed by atoms with Gasteiger partial charge in [-0.05, 0) is 24.6 Å². The molecular formula is C11H11F3O2. The zero-order valence-electron chi connectivity index (χ0n) is 8.67. The van der Waals surface area contributed by atoms with Gasteiger partial charge in [0.05, 0.1) is 12.2 Å². The molecule has 0 heterocycles. The Morgan fingerprint density at radius 1 is 1.38 bits per heavy atom. The molecule has 0 saturated carbocycles. The van der Waals surface area contributed by atoms with Gasteiger partial charge in [0.15, 0.2) is 6.29 Å². The number of alkyl halides is 3. The number of rotatable bonds is 4. The first-order valence-corrected chi connectivity index (χ1v) is 4.78. The zero-order chi connectivity index (χ0) is 12.2. The standard InChI is InChI=1S/C11H11F3O2/c1-2-5-16-9-4-3-8(7-15)10(6-9)11(12,13)14/h3-4,6-7H,2,5H2,1H3. The van der Waals surface area contributed by atoms with E-state index in [1.54, 1.807) is 0 Å². The average molecular weight is 232 g/mol. The van der Waals surface area contributed by atoms with Crippen LogP contribution in [0.1, 0.15) is 29.3 Å². The van der Waals surface area contributed by atoms with Gasteiger partial charge in [-0.2, -0.15) is 13.2 Å². The maximum atomic E-state index is 12.5. The Labute approximate surface area is 91.0 Å². The quantitative estimate of drug-likeness (QED) is 0.744. The molecule has 0 unspecified atom stereocenters. The van der Waals surface area contributed by atoms with Gasteiger partial charge >= 0.3 is 6.18 Å². The first-order valence-electron chi connectivity index (χ1n) is 4.78. The molecule has 0 N–H and O–H groups in total. The van der Waals surface area contributed by atoms with Crippen molar-refractivity contribution in [2.45, 2.75) is 19.5 Å². The fraction of sp³-hybridized carbons (Fsp3) is 0.364. The Balaban J connectivity index is 3.06. The minimum Gasteiger partial charge on any atom is -0.494 e. The molecule has 1 aromatic carbocycles. The van der Waals surface area contributed by atoms with Crippen LogP contribution in [0.4, 0.5) is 13.2 Å². The van der Waals surface area contributed by atoms with Crippen LogP contribution in [0.5, 0.6) is 5.75 Å². The number of ether oxygens (including phenoxy) is 1. The summed E-state index contributed by atoms with van der Waals surface area (Å²) in [5, 5.41) is 0. The molecule has 0 bridgehead atoms. The minimum absolute atomic E-state index is 0.125. The van der Waals surface area contributed by atoms with Crippen molar-refractivity contribution in [1.29, 1.82) is 0 Å². The van der Waals surface area contributed by atoms with Crippen molar-refractivity contribution in [3.8, 4) is 5.75 Å². The van der Waals surface area contributed by atoms with Crippen LogP contribution in [0.2, 0.25) is 0 Å². The topological polar surface area (TPSA) is 26.3 Å². The third-order valence-electron chi connectivity index (χ3n) is 1.93. The summed E-state index contributed by atoms with van der Waals surface area (Å²) < 4.78 is 42.6. The van der Waals surface area contributed by atoms with Crippen LogP contribution >= 0.6 is 0 Å². The van der Waals surface area contributed by atoms with Crippen molar-refractivity contribution in [3.05, 3.63) is 29.3 Å². The molecule has 0 aliphatic heterocycles. The van der Waals surface area contributed by atoms with E-state index in [-0.39, 0.29) is 17.6 Å². The highest BCUT2D eigenvalue weighted by molar-refractivity contribution is 5.78. The molecule has 1 aromatic rings. The van der Waals surface area contributed by atoms with Crippen molar-refractivity contribution in [2.24, 2.45) is 0 Å². The molecule has 0 aliphatic carbocycles. The molecule has 0 amide bonds. The molecule has 1 rings (SSSR count). The summed E-state index contributed by atoms with van der Waals surface area (Å²) >= 11 is 0. The smallest absolute Gasteiger partial charge is 0.417 e. The van der Waals surface area contributed by atoms with Crippen molar-refractivity contribution in [1.82, 2.24) is 0 Å². The highest BCUT2D eigenvalue weighted by atomic mass is 19.4. The minimum atomic E-state index is -4.54. The van der Waals surface area contributed by atoms with E-state index in [4.69, 9.17) is 4.74 Å². The molecule has 2 nitrogen and oxygen atoms in total. The van der Waals surface area contributed by atoms with Crippen LogP contribution in [0.3, 0.4) is 0 Å². The fourth-order valence-corrected chi connectivity index (χ4v) is 1.19. The summed E-state index contributed by atoms with van der Waals surface area (Å²) in [6.45, 7) is 2.20. The highest BCUT2D eigenvalue weighted by Crippen LogP contribution is 2.33. The SMILES string of the molecule is CCCOc1ccc(C=O)c(C(F)(F)F)c1. The second-order valence-electron chi connectivity index (χ2n) is 3.21. The van der Waals surface area contributed by atoms with Gasteiger partial charge in [-0.3, -0.25) is 4.79 Å². The monoisotopic (exact) mass is 232 g/mol. The Kier molecular flexibility index (Phi) is 3.93. The number of carbonyl (C=O) groups is 1. The number of hydrogen-bond donors (Lipinski definition) is 0. The molecule has 88 valence electrons. The molecule has 5 heteroatoms. The first-order chi connectivity index (χ1) is 7.49. The second-order valence-corrected chi connectivity index (χ2v) is 3.21. The molecule has 0 aromatic heterocycles. The lowest BCUT2D eigenvalue weighted by Crippen LogP contribution is -2.09. The summed E-state index contributed by atoms with van der Waals surface area (Å²) in [6.07, 6.45) is -3.65. The lowest BCUT2D eigenvalue weighted by atomic mass is 10.1. The molecule has 16 heavy (non-hydrogen) atoms. The van der Waals surface area contributed by atoms with Crippen LogP contribution in [0.25, 0.3) is 0 Å². The van der Waals surface area contributed by atoms with E-state index < -0.39 is 11.7 Å². The molecule has 0 aliphatic rings. The number of halogens is 3. The number of benzene rings is 1. The van der Waals surface area contributed by atoms with Crippen LogP contribution in [0.15, 0.2) is 18.2 Å². The van der Waals surface area contributed by atoms with Crippen molar-refractivity contribution < 1.29 is 22.7 Å². The molecule has 0 spiro atoms. The lowest BCUT2D eigenvalue weighted by molar-refractivity contribution is -0.137. The van der Waals surface area contributed by atoms with E-state index in [2.05, 4.69) is 0 Å². The van der Waals surface area contributed by atoms with Gasteiger partial charge in [-0.15, -0.1) is 0 Å². The van der Waals surface area contributed by atoms with E-state index in [0.717, 1.165) is 12.1 Å². The molecule has 0 atom stereocenters. The Hall–Kier alpha value is -1.52. The lowest BCUT2D eigenvalue weighted by Gasteiger charge is -2.11. The van der Waals surface area contributed by atoms with Gasteiger partial charge in [-0.25, -0.2) is 0 Å². The predicted molar refractivity (Wildman–Crippen MR) is 52.6 cm³/mol. The summed E-state index contributed by atoms with van der Waals surface area (Å²) in [4.78, 5) is 10.5. The Morgan fingerprint density at radius 2 is 2.06 bits per heavy atom. The maximum absolute atomic E-state index is 12.5. The van der Waals surface area contributed by atoms with Crippen molar-refractivity contribution in [3.63, 3.8) is 0 Å². The first kappa shape index (κ1) is 12.5. The number of carbonyl (C=O) groups excluding carboxylic acids is 1. The van der Waals surface area contributed by atoms with Gasteiger partial charge in [0, 0.05) is 5.56 Å². The average Bonchev–Trinajstić information content (AvgIpc) is 2.24. The van der Waals surface area contributed by atoms with Crippen LogP contribution in [-0.2, 0) is 6.18 Å². The van der Waals surface area contributed by atoms with Crippen LogP contribution in [0, 0.1) is 0 Å². The summed E-state index contributed by atoms with van der Waals surface area (Å²) in [7, 11) is 0. The zero-order valence-corrected chi connectivity index (χ0v) is 8.67. The third-order valence-corrected chi connectivity index (χ3v) is 1.93. The van der Waals surface area contributed by atoms with E-state index in [9.17, 15) is 18.0 Å². The summed E-state index contributed by atoms with van der Waals surface area (Å²) in [5.74, 6) is 0.125. The Morgan fingerprint density at radius 3 is 2.56 bits per heavy atom. The number of aldehydes is 1.